The van der Waals surface area contributed by atoms with Gasteiger partial charge in [0.1, 0.15) is 5.82 Å². The smallest absolute Gasteiger partial charge is 0.259 e. The van der Waals surface area contributed by atoms with E-state index in [0.717, 1.165) is 45.2 Å². The molecule has 0 bridgehead atoms. The molecule has 2 aromatic rings. The van der Waals surface area contributed by atoms with Gasteiger partial charge in [-0.05, 0) is 80.2 Å². The van der Waals surface area contributed by atoms with Crippen LogP contribution in [-0.4, -0.2) is 38.2 Å². The SMILES string of the molecule is O=C(Nc1cccc(S(=O)(=O)CC2CCC2)c1)c1cccnc1N1CCC2(CC1)CC2. The summed E-state index contributed by atoms with van der Waals surface area (Å²) in [6.45, 7) is 1.85. The zero-order valence-corrected chi connectivity index (χ0v) is 18.5. The lowest BCUT2D eigenvalue weighted by Crippen LogP contribution is -2.36. The molecular weight excluding hydrogens is 410 g/mol. The molecule has 3 aliphatic rings. The molecule has 6 nitrogen and oxygen atoms in total. The van der Waals surface area contributed by atoms with Crippen molar-refractivity contribution in [3.05, 3.63) is 48.2 Å². The lowest BCUT2D eigenvalue weighted by Gasteiger charge is -2.33. The fourth-order valence-corrected chi connectivity index (χ4v) is 6.47. The van der Waals surface area contributed by atoms with Gasteiger partial charge >= 0.3 is 0 Å². The lowest BCUT2D eigenvalue weighted by molar-refractivity contribution is 0.102. The highest BCUT2D eigenvalue weighted by molar-refractivity contribution is 7.91. The summed E-state index contributed by atoms with van der Waals surface area (Å²) in [5, 5.41) is 2.89. The Morgan fingerprint density at radius 1 is 1.10 bits per heavy atom. The summed E-state index contributed by atoms with van der Waals surface area (Å²) in [6, 6.07) is 10.2. The molecule has 1 amide bonds. The molecule has 1 aliphatic heterocycles. The molecule has 2 heterocycles. The summed E-state index contributed by atoms with van der Waals surface area (Å²) < 4.78 is 25.5. The monoisotopic (exact) mass is 439 g/mol. The van der Waals surface area contributed by atoms with E-state index < -0.39 is 9.84 Å². The fraction of sp³-hybridized carbons (Fsp3) is 0.500. The molecular formula is C24H29N3O3S. The van der Waals surface area contributed by atoms with Crippen molar-refractivity contribution in [1.29, 1.82) is 0 Å². The zero-order chi connectivity index (χ0) is 21.5. The number of nitrogens with one attached hydrogen (secondary N) is 1. The Bertz CT molecular complexity index is 1080. The van der Waals surface area contributed by atoms with Gasteiger partial charge in [0.05, 0.1) is 16.2 Å². The first-order valence-corrected chi connectivity index (χ1v) is 12.9. The average Bonchev–Trinajstić information content (AvgIpc) is 3.50. The fourth-order valence-electron chi connectivity index (χ4n) is 4.73. The van der Waals surface area contributed by atoms with Gasteiger partial charge in [-0.3, -0.25) is 4.79 Å². The lowest BCUT2D eigenvalue weighted by atomic mass is 9.87. The quantitative estimate of drug-likeness (QED) is 0.726. The molecule has 1 saturated heterocycles. The number of nitrogens with zero attached hydrogens (tertiary/aromatic N) is 2. The molecule has 3 fully saturated rings. The van der Waals surface area contributed by atoms with Crippen molar-refractivity contribution in [3.8, 4) is 0 Å². The van der Waals surface area contributed by atoms with Gasteiger partial charge in [0.25, 0.3) is 5.91 Å². The van der Waals surface area contributed by atoms with Gasteiger partial charge in [0.15, 0.2) is 9.84 Å². The predicted octanol–water partition coefficient (Wildman–Crippen LogP) is 4.29. The summed E-state index contributed by atoms with van der Waals surface area (Å²) in [5.74, 6) is 0.904. The molecule has 0 unspecified atom stereocenters. The number of piperidine rings is 1. The minimum atomic E-state index is -3.35. The molecule has 1 aromatic carbocycles. The number of amides is 1. The third-order valence-corrected chi connectivity index (χ3v) is 9.13. The summed E-state index contributed by atoms with van der Waals surface area (Å²) in [6.07, 6.45) is 9.78. The largest absolute Gasteiger partial charge is 0.356 e. The molecule has 2 saturated carbocycles. The highest BCUT2D eigenvalue weighted by atomic mass is 32.2. The number of benzene rings is 1. The molecule has 2 aliphatic carbocycles. The Morgan fingerprint density at radius 3 is 2.55 bits per heavy atom. The maximum Gasteiger partial charge on any atom is 0.259 e. The zero-order valence-electron chi connectivity index (χ0n) is 17.7. The van der Waals surface area contributed by atoms with E-state index in [1.165, 1.54) is 12.8 Å². The van der Waals surface area contributed by atoms with Crippen molar-refractivity contribution in [3.63, 3.8) is 0 Å². The average molecular weight is 440 g/mol. The number of carbonyl (C=O) groups excluding carboxylic acids is 1. The van der Waals surface area contributed by atoms with Crippen molar-refractivity contribution in [1.82, 2.24) is 4.98 Å². The van der Waals surface area contributed by atoms with Crippen LogP contribution in [0.2, 0.25) is 0 Å². The third kappa shape index (κ3) is 4.33. The van der Waals surface area contributed by atoms with Gasteiger partial charge in [-0.25, -0.2) is 13.4 Å². The summed E-state index contributed by atoms with van der Waals surface area (Å²) in [7, 11) is -3.35. The number of pyridine rings is 1. The van der Waals surface area contributed by atoms with Crippen molar-refractivity contribution in [2.24, 2.45) is 11.3 Å². The molecule has 164 valence electrons. The van der Waals surface area contributed by atoms with E-state index in [0.29, 0.717) is 22.5 Å². The number of rotatable bonds is 6. The van der Waals surface area contributed by atoms with Gasteiger partial charge in [0, 0.05) is 25.0 Å². The molecule has 7 heteroatoms. The molecule has 31 heavy (non-hydrogen) atoms. The van der Waals surface area contributed by atoms with Crippen LogP contribution < -0.4 is 10.2 Å². The number of carbonyl (C=O) groups is 1. The van der Waals surface area contributed by atoms with Crippen molar-refractivity contribution in [2.45, 2.75) is 49.8 Å². The van der Waals surface area contributed by atoms with Crippen molar-refractivity contribution >= 4 is 27.2 Å². The second-order valence-corrected chi connectivity index (χ2v) is 11.5. The molecule has 0 atom stereocenters. The van der Waals surface area contributed by atoms with Crippen LogP contribution in [0.4, 0.5) is 11.5 Å². The van der Waals surface area contributed by atoms with Gasteiger partial charge in [-0.15, -0.1) is 0 Å². The van der Waals surface area contributed by atoms with E-state index in [9.17, 15) is 13.2 Å². The Morgan fingerprint density at radius 2 is 1.87 bits per heavy atom. The van der Waals surface area contributed by atoms with E-state index in [1.807, 2.05) is 0 Å². The highest BCUT2D eigenvalue weighted by Crippen LogP contribution is 2.53. The van der Waals surface area contributed by atoms with E-state index in [1.54, 1.807) is 42.6 Å². The normalized spacial score (nSPS) is 20.3. The van der Waals surface area contributed by atoms with E-state index in [2.05, 4.69) is 15.2 Å². The molecule has 5 rings (SSSR count). The first kappa shape index (κ1) is 20.5. The van der Waals surface area contributed by atoms with Crippen LogP contribution in [0.25, 0.3) is 0 Å². The predicted molar refractivity (Wildman–Crippen MR) is 121 cm³/mol. The number of hydrogen-bond acceptors (Lipinski definition) is 5. The molecule has 1 aromatic heterocycles. The maximum atomic E-state index is 13.1. The van der Waals surface area contributed by atoms with Crippen LogP contribution in [0.3, 0.4) is 0 Å². The van der Waals surface area contributed by atoms with Crippen LogP contribution in [0, 0.1) is 11.3 Å². The van der Waals surface area contributed by atoms with Crippen molar-refractivity contribution in [2.75, 3.05) is 29.1 Å². The summed E-state index contributed by atoms with van der Waals surface area (Å²) in [5.41, 5.74) is 1.57. The van der Waals surface area contributed by atoms with Crippen LogP contribution >= 0.6 is 0 Å². The Labute approximate surface area is 184 Å². The molecule has 1 N–H and O–H groups in total. The van der Waals surface area contributed by atoms with E-state index in [4.69, 9.17) is 0 Å². The number of aromatic nitrogens is 1. The second-order valence-electron chi connectivity index (χ2n) is 9.42. The summed E-state index contributed by atoms with van der Waals surface area (Å²) >= 11 is 0. The van der Waals surface area contributed by atoms with Crippen LogP contribution in [0.1, 0.15) is 55.3 Å². The maximum absolute atomic E-state index is 13.1. The Kier molecular flexibility index (Phi) is 5.24. The van der Waals surface area contributed by atoms with E-state index in [-0.39, 0.29) is 22.5 Å². The van der Waals surface area contributed by atoms with Gasteiger partial charge in [-0.1, -0.05) is 12.5 Å². The van der Waals surface area contributed by atoms with Crippen LogP contribution in [-0.2, 0) is 9.84 Å². The summed E-state index contributed by atoms with van der Waals surface area (Å²) in [4.78, 5) is 20.1. The number of hydrogen-bond donors (Lipinski definition) is 1. The van der Waals surface area contributed by atoms with Crippen LogP contribution in [0.15, 0.2) is 47.5 Å². The number of sulfone groups is 1. The standard InChI is InChI=1S/C24H29N3O3S/c28-23(21-8-3-13-25-22(21)27-14-11-24(9-10-24)12-15-27)26-19-6-2-7-20(16-19)31(29,30)17-18-4-1-5-18/h2-3,6-8,13,16,18H,1,4-5,9-12,14-15,17H2,(H,26,28). The first-order valence-electron chi connectivity index (χ1n) is 11.3. The van der Waals surface area contributed by atoms with Crippen molar-refractivity contribution < 1.29 is 13.2 Å². The first-order chi connectivity index (χ1) is 14.9. The topological polar surface area (TPSA) is 79.4 Å². The van der Waals surface area contributed by atoms with Gasteiger partial charge in [0.2, 0.25) is 0 Å². The van der Waals surface area contributed by atoms with E-state index >= 15 is 0 Å². The number of anilines is 2. The third-order valence-electron chi connectivity index (χ3n) is 7.24. The minimum absolute atomic E-state index is 0.188. The Hall–Kier alpha value is -2.41. The van der Waals surface area contributed by atoms with Gasteiger partial charge < -0.3 is 10.2 Å². The van der Waals surface area contributed by atoms with Crippen LogP contribution in [0.5, 0.6) is 0 Å². The second kappa shape index (κ2) is 7.93. The molecule has 1 spiro atoms. The Balaban J connectivity index is 1.32. The highest BCUT2D eigenvalue weighted by Gasteiger charge is 2.44. The van der Waals surface area contributed by atoms with Gasteiger partial charge in [-0.2, -0.15) is 0 Å². The minimum Gasteiger partial charge on any atom is -0.356 e. The molecule has 0 radical (unpaired) electrons.